The van der Waals surface area contributed by atoms with Gasteiger partial charge in [0.2, 0.25) is 0 Å². The van der Waals surface area contributed by atoms with E-state index in [1.807, 2.05) is 30.5 Å². The van der Waals surface area contributed by atoms with Crippen molar-refractivity contribution in [3.63, 3.8) is 0 Å². The summed E-state index contributed by atoms with van der Waals surface area (Å²) in [5, 5.41) is 8.99. The average Bonchev–Trinajstić information content (AvgIpc) is 2.83. The van der Waals surface area contributed by atoms with E-state index in [1.54, 1.807) is 0 Å². The van der Waals surface area contributed by atoms with E-state index in [1.165, 1.54) is 44.7 Å². The lowest BCUT2D eigenvalue weighted by Crippen LogP contribution is -2.47. The molecule has 1 aromatic heterocycles. The number of hydrogen-bond acceptors (Lipinski definition) is 5. The number of aromatic nitrogens is 1. The molecule has 0 spiro atoms. The van der Waals surface area contributed by atoms with Crippen molar-refractivity contribution in [2.45, 2.75) is 19.4 Å². The van der Waals surface area contributed by atoms with Crippen LogP contribution in [0, 0.1) is 0 Å². The second-order valence-electron chi connectivity index (χ2n) is 8.50. The van der Waals surface area contributed by atoms with Gasteiger partial charge in [0, 0.05) is 61.6 Å². The molecular formula is C26H34ClN5. The highest BCUT2D eigenvalue weighted by Crippen LogP contribution is 2.24. The maximum atomic E-state index is 6.09. The molecular weight excluding hydrogens is 418 g/mol. The van der Waals surface area contributed by atoms with Crippen LogP contribution in [-0.4, -0.2) is 67.1 Å². The smallest absolute Gasteiger partial charge is 0.0737 e. The Kier molecular flexibility index (Phi) is 8.74. The summed E-state index contributed by atoms with van der Waals surface area (Å²) in [5.74, 6) is 0. The number of nitrogens with zero attached hydrogens (tertiary/aromatic N) is 3. The fourth-order valence-corrected chi connectivity index (χ4v) is 4.46. The Bertz CT molecular complexity index is 957. The van der Waals surface area contributed by atoms with Crippen LogP contribution < -0.4 is 10.6 Å². The quantitative estimate of drug-likeness (QED) is 0.420. The number of benzene rings is 2. The third kappa shape index (κ3) is 6.91. The van der Waals surface area contributed by atoms with Crippen molar-refractivity contribution in [3.05, 3.63) is 71.4 Å². The predicted molar refractivity (Wildman–Crippen MR) is 136 cm³/mol. The SMILES string of the molecule is Clc1ccc2c(NCCCN3CCN(CCCNCc4ccccc4)CC3)ccnc2c1. The van der Waals surface area contributed by atoms with E-state index in [0.29, 0.717) is 0 Å². The van der Waals surface area contributed by atoms with Crippen molar-refractivity contribution in [1.82, 2.24) is 20.1 Å². The summed E-state index contributed by atoms with van der Waals surface area (Å²) >= 11 is 6.09. The Morgan fingerprint density at radius 3 is 2.31 bits per heavy atom. The standard InChI is InChI=1S/C26H34ClN5/c27-23-8-9-24-25(10-13-30-26(24)20-23)29-12-5-15-32-18-16-31(17-19-32)14-4-11-28-21-22-6-2-1-3-7-22/h1-3,6-10,13,20,28H,4-5,11-12,14-19,21H2,(H,29,30). The van der Waals surface area contributed by atoms with Gasteiger partial charge in [-0.1, -0.05) is 41.9 Å². The van der Waals surface area contributed by atoms with E-state index >= 15 is 0 Å². The maximum absolute atomic E-state index is 6.09. The van der Waals surface area contributed by atoms with Gasteiger partial charge in [-0.2, -0.15) is 0 Å². The molecule has 0 amide bonds. The number of nitrogens with one attached hydrogen (secondary N) is 2. The molecule has 4 rings (SSSR count). The van der Waals surface area contributed by atoms with Crippen LogP contribution in [-0.2, 0) is 6.54 Å². The predicted octanol–water partition coefficient (Wildman–Crippen LogP) is 4.49. The van der Waals surface area contributed by atoms with Gasteiger partial charge in [0.05, 0.1) is 5.52 Å². The lowest BCUT2D eigenvalue weighted by Gasteiger charge is -2.34. The largest absolute Gasteiger partial charge is 0.384 e. The number of rotatable bonds is 11. The van der Waals surface area contributed by atoms with Gasteiger partial charge in [-0.05, 0) is 62.3 Å². The van der Waals surface area contributed by atoms with Crippen molar-refractivity contribution in [2.75, 3.05) is 57.7 Å². The zero-order chi connectivity index (χ0) is 22.0. The van der Waals surface area contributed by atoms with Crippen LogP contribution in [0.15, 0.2) is 60.8 Å². The molecule has 1 fully saturated rings. The Morgan fingerprint density at radius 2 is 1.56 bits per heavy atom. The first-order chi connectivity index (χ1) is 15.8. The molecule has 2 heterocycles. The van der Waals surface area contributed by atoms with E-state index in [2.05, 4.69) is 55.7 Å². The molecule has 0 radical (unpaired) electrons. The molecule has 0 atom stereocenters. The Balaban J connectivity index is 1.07. The summed E-state index contributed by atoms with van der Waals surface area (Å²) in [5.41, 5.74) is 3.43. The Labute approximate surface area is 196 Å². The van der Waals surface area contributed by atoms with Crippen molar-refractivity contribution in [3.8, 4) is 0 Å². The van der Waals surface area contributed by atoms with E-state index < -0.39 is 0 Å². The molecule has 0 unspecified atom stereocenters. The molecule has 1 aliphatic rings. The zero-order valence-corrected chi connectivity index (χ0v) is 19.5. The third-order valence-electron chi connectivity index (χ3n) is 6.14. The highest BCUT2D eigenvalue weighted by molar-refractivity contribution is 6.31. The lowest BCUT2D eigenvalue weighted by molar-refractivity contribution is 0.131. The van der Waals surface area contributed by atoms with Gasteiger partial charge in [0.25, 0.3) is 0 Å². The highest BCUT2D eigenvalue weighted by Gasteiger charge is 2.15. The molecule has 1 aliphatic heterocycles. The summed E-state index contributed by atoms with van der Waals surface area (Å²) in [6.07, 6.45) is 4.19. The topological polar surface area (TPSA) is 43.4 Å². The molecule has 2 aromatic carbocycles. The van der Waals surface area contributed by atoms with Gasteiger partial charge in [-0.15, -0.1) is 0 Å². The molecule has 3 aromatic rings. The van der Waals surface area contributed by atoms with Crippen molar-refractivity contribution in [1.29, 1.82) is 0 Å². The van der Waals surface area contributed by atoms with Crippen molar-refractivity contribution >= 4 is 28.2 Å². The minimum absolute atomic E-state index is 0.727. The van der Waals surface area contributed by atoms with Gasteiger partial charge in [0.15, 0.2) is 0 Å². The van der Waals surface area contributed by atoms with Crippen LogP contribution in [0.25, 0.3) is 10.9 Å². The first-order valence-corrected chi connectivity index (χ1v) is 12.1. The first-order valence-electron chi connectivity index (χ1n) is 11.8. The Hall–Kier alpha value is -2.18. The zero-order valence-electron chi connectivity index (χ0n) is 18.8. The van der Waals surface area contributed by atoms with Gasteiger partial charge in [0.1, 0.15) is 0 Å². The molecule has 2 N–H and O–H groups in total. The summed E-state index contributed by atoms with van der Waals surface area (Å²) in [6, 6.07) is 18.6. The average molecular weight is 452 g/mol. The fraction of sp³-hybridized carbons (Fsp3) is 0.423. The summed E-state index contributed by atoms with van der Waals surface area (Å²) in [6.45, 7) is 10.1. The summed E-state index contributed by atoms with van der Waals surface area (Å²) < 4.78 is 0. The summed E-state index contributed by atoms with van der Waals surface area (Å²) in [7, 11) is 0. The number of pyridine rings is 1. The van der Waals surface area contributed by atoms with E-state index in [9.17, 15) is 0 Å². The van der Waals surface area contributed by atoms with Crippen molar-refractivity contribution in [2.24, 2.45) is 0 Å². The fourth-order valence-electron chi connectivity index (χ4n) is 4.29. The second kappa shape index (κ2) is 12.2. The molecule has 0 aliphatic carbocycles. The van der Waals surface area contributed by atoms with Crippen LogP contribution in [0.2, 0.25) is 5.02 Å². The molecule has 170 valence electrons. The third-order valence-corrected chi connectivity index (χ3v) is 6.37. The number of fused-ring (bicyclic) bond motifs is 1. The number of halogens is 1. The second-order valence-corrected chi connectivity index (χ2v) is 8.94. The van der Waals surface area contributed by atoms with Gasteiger partial charge >= 0.3 is 0 Å². The molecule has 32 heavy (non-hydrogen) atoms. The first kappa shape index (κ1) is 23.0. The monoisotopic (exact) mass is 451 g/mol. The summed E-state index contributed by atoms with van der Waals surface area (Å²) in [4.78, 5) is 9.61. The van der Waals surface area contributed by atoms with E-state index in [4.69, 9.17) is 11.6 Å². The highest BCUT2D eigenvalue weighted by atomic mass is 35.5. The molecule has 0 bridgehead atoms. The van der Waals surface area contributed by atoms with Gasteiger partial charge in [-0.3, -0.25) is 4.98 Å². The molecule has 1 saturated heterocycles. The van der Waals surface area contributed by atoms with E-state index in [-0.39, 0.29) is 0 Å². The van der Waals surface area contributed by atoms with Gasteiger partial charge < -0.3 is 20.4 Å². The lowest BCUT2D eigenvalue weighted by atomic mass is 10.2. The Morgan fingerprint density at radius 1 is 0.844 bits per heavy atom. The number of piperazine rings is 1. The van der Waals surface area contributed by atoms with Crippen LogP contribution in [0.3, 0.4) is 0 Å². The van der Waals surface area contributed by atoms with Crippen molar-refractivity contribution < 1.29 is 0 Å². The molecule has 5 nitrogen and oxygen atoms in total. The van der Waals surface area contributed by atoms with E-state index in [0.717, 1.165) is 54.2 Å². The maximum Gasteiger partial charge on any atom is 0.0737 e. The number of anilines is 1. The normalized spacial score (nSPS) is 15.3. The van der Waals surface area contributed by atoms with Crippen LogP contribution in [0.4, 0.5) is 5.69 Å². The van der Waals surface area contributed by atoms with Crippen LogP contribution in [0.5, 0.6) is 0 Å². The molecule has 6 heteroatoms. The minimum Gasteiger partial charge on any atom is -0.384 e. The van der Waals surface area contributed by atoms with Gasteiger partial charge in [-0.25, -0.2) is 0 Å². The number of hydrogen-bond donors (Lipinski definition) is 2. The minimum atomic E-state index is 0.727. The van der Waals surface area contributed by atoms with Crippen LogP contribution >= 0.6 is 11.6 Å². The molecule has 0 saturated carbocycles. The van der Waals surface area contributed by atoms with Crippen LogP contribution in [0.1, 0.15) is 18.4 Å².